The molecule has 0 saturated carbocycles. The Morgan fingerprint density at radius 1 is 0.722 bits per heavy atom. The Bertz CT molecular complexity index is 463. The summed E-state index contributed by atoms with van der Waals surface area (Å²) in [6.45, 7) is 6.17. The third kappa shape index (κ3) is 9.58. The molecule has 18 heavy (non-hydrogen) atoms. The first-order valence-electron chi connectivity index (χ1n) is 5.14. The maximum Gasteiger partial charge on any atom is 0.265 e. The van der Waals surface area contributed by atoms with E-state index in [0.29, 0.717) is 0 Å². The summed E-state index contributed by atoms with van der Waals surface area (Å²) in [6.07, 6.45) is 4.78. The lowest BCUT2D eigenvalue weighted by Crippen LogP contribution is -2.29. The van der Waals surface area contributed by atoms with E-state index in [4.69, 9.17) is 8.37 Å². The highest BCUT2D eigenvalue weighted by Crippen LogP contribution is 2.20. The summed E-state index contributed by atoms with van der Waals surface area (Å²) in [6, 6.07) is 0. The molecule has 0 aliphatic rings. The van der Waals surface area contributed by atoms with E-state index in [-0.39, 0.29) is 0 Å². The summed E-state index contributed by atoms with van der Waals surface area (Å²) in [5, 5.41) is 0. The molecule has 0 aliphatic heterocycles. The van der Waals surface area contributed by atoms with E-state index in [1.165, 1.54) is 12.2 Å². The van der Waals surface area contributed by atoms with E-state index in [9.17, 15) is 16.8 Å². The van der Waals surface area contributed by atoms with Crippen LogP contribution in [0.1, 0.15) is 27.7 Å². The highest BCUT2D eigenvalue weighted by atomic mass is 32.2. The second-order valence-corrected chi connectivity index (χ2v) is 8.26. The summed E-state index contributed by atoms with van der Waals surface area (Å²) in [4.78, 5) is 0. The molecule has 0 aromatic carbocycles. The van der Waals surface area contributed by atoms with Gasteiger partial charge in [0.25, 0.3) is 20.2 Å². The summed E-state index contributed by atoms with van der Waals surface area (Å²) in [5.41, 5.74) is -2.16. The van der Waals surface area contributed by atoms with Crippen molar-refractivity contribution in [2.24, 2.45) is 0 Å². The van der Waals surface area contributed by atoms with Crippen LogP contribution in [0.4, 0.5) is 0 Å². The van der Waals surface area contributed by atoms with E-state index in [0.717, 1.165) is 12.5 Å². The average Bonchev–Trinajstić information content (AvgIpc) is 1.91. The molecule has 0 bridgehead atoms. The van der Waals surface area contributed by atoms with Crippen LogP contribution in [-0.2, 0) is 28.6 Å². The van der Waals surface area contributed by atoms with Crippen LogP contribution >= 0.6 is 0 Å². The van der Waals surface area contributed by atoms with Crippen molar-refractivity contribution in [1.82, 2.24) is 0 Å². The van der Waals surface area contributed by atoms with Crippen molar-refractivity contribution >= 4 is 20.2 Å². The van der Waals surface area contributed by atoms with Crippen molar-refractivity contribution in [3.05, 3.63) is 12.2 Å². The van der Waals surface area contributed by atoms with Gasteiger partial charge < -0.3 is 0 Å². The van der Waals surface area contributed by atoms with Crippen molar-refractivity contribution in [2.45, 2.75) is 38.9 Å². The molecule has 0 spiro atoms. The maximum absolute atomic E-state index is 11.0. The molecular weight excluding hydrogens is 280 g/mol. The zero-order valence-corrected chi connectivity index (χ0v) is 13.1. The first-order chi connectivity index (χ1) is 7.62. The lowest BCUT2D eigenvalue weighted by atomic mass is 10.0. The lowest BCUT2D eigenvalue weighted by Gasteiger charge is -2.23. The van der Waals surface area contributed by atoms with Gasteiger partial charge in [0.05, 0.1) is 12.5 Å². The van der Waals surface area contributed by atoms with Crippen molar-refractivity contribution in [2.75, 3.05) is 12.5 Å². The van der Waals surface area contributed by atoms with E-state index in [1.807, 2.05) is 0 Å². The largest absolute Gasteiger partial charge is 0.265 e. The highest BCUT2D eigenvalue weighted by molar-refractivity contribution is 7.86. The van der Waals surface area contributed by atoms with Gasteiger partial charge in [0, 0.05) is 0 Å². The first-order valence-corrected chi connectivity index (χ1v) is 8.77. The quantitative estimate of drug-likeness (QED) is 0.538. The van der Waals surface area contributed by atoms with E-state index in [1.54, 1.807) is 27.7 Å². The molecule has 0 saturated heterocycles. The Balaban J connectivity index is 4.93. The van der Waals surface area contributed by atoms with Crippen LogP contribution in [0, 0.1) is 0 Å². The van der Waals surface area contributed by atoms with Crippen molar-refractivity contribution in [1.29, 1.82) is 0 Å². The molecular formula is C10H20O6S2. The van der Waals surface area contributed by atoms with Crippen LogP contribution in [0.25, 0.3) is 0 Å². The van der Waals surface area contributed by atoms with Crippen molar-refractivity contribution in [3.63, 3.8) is 0 Å². The minimum Gasteiger partial charge on any atom is -0.260 e. The Morgan fingerprint density at radius 2 is 0.944 bits per heavy atom. The molecule has 108 valence electrons. The van der Waals surface area contributed by atoms with Crippen LogP contribution in [-0.4, -0.2) is 40.5 Å². The average molecular weight is 300 g/mol. The maximum atomic E-state index is 11.0. The highest BCUT2D eigenvalue weighted by Gasteiger charge is 2.25. The smallest absolute Gasteiger partial charge is 0.260 e. The topological polar surface area (TPSA) is 86.7 Å². The molecule has 0 N–H and O–H groups in total. The molecule has 0 aliphatic carbocycles. The van der Waals surface area contributed by atoms with Gasteiger partial charge in [-0.25, -0.2) is 0 Å². The second kappa shape index (κ2) is 5.28. The second-order valence-electron chi connectivity index (χ2n) is 5.12. The van der Waals surface area contributed by atoms with Gasteiger partial charge in [0.2, 0.25) is 0 Å². The fourth-order valence-electron chi connectivity index (χ4n) is 1.24. The van der Waals surface area contributed by atoms with E-state index >= 15 is 0 Å². The molecule has 0 aromatic heterocycles. The number of rotatable bonds is 6. The Kier molecular flexibility index (Phi) is 5.15. The minimum absolute atomic E-state index is 0.945. The van der Waals surface area contributed by atoms with E-state index < -0.39 is 31.4 Å². The molecule has 0 amide bonds. The van der Waals surface area contributed by atoms with Gasteiger partial charge in [-0.3, -0.25) is 8.37 Å². The molecule has 6 nitrogen and oxygen atoms in total. The minimum atomic E-state index is -3.59. The van der Waals surface area contributed by atoms with Gasteiger partial charge in [-0.2, -0.15) is 16.8 Å². The first kappa shape index (κ1) is 17.6. The van der Waals surface area contributed by atoms with Crippen LogP contribution in [0.3, 0.4) is 0 Å². The van der Waals surface area contributed by atoms with Crippen LogP contribution in [0.5, 0.6) is 0 Å². The van der Waals surface area contributed by atoms with Gasteiger partial charge in [0.1, 0.15) is 11.2 Å². The lowest BCUT2D eigenvalue weighted by molar-refractivity contribution is 0.154. The van der Waals surface area contributed by atoms with Crippen LogP contribution in [0.2, 0.25) is 0 Å². The van der Waals surface area contributed by atoms with Gasteiger partial charge >= 0.3 is 0 Å². The summed E-state index contributed by atoms with van der Waals surface area (Å²) in [5.74, 6) is 0. The van der Waals surface area contributed by atoms with Gasteiger partial charge in [-0.05, 0) is 27.7 Å². The van der Waals surface area contributed by atoms with Gasteiger partial charge in [0.15, 0.2) is 0 Å². The predicted molar refractivity (Wildman–Crippen MR) is 69.2 cm³/mol. The molecule has 0 radical (unpaired) electrons. The molecule has 0 rings (SSSR count). The normalized spacial score (nSPS) is 15.2. The summed E-state index contributed by atoms with van der Waals surface area (Å²) < 4.78 is 53.7. The zero-order chi connectivity index (χ0) is 14.8. The zero-order valence-electron chi connectivity index (χ0n) is 11.4. The molecule has 0 heterocycles. The molecule has 0 aromatic rings. The molecule has 0 atom stereocenters. The molecule has 0 fully saturated rings. The van der Waals surface area contributed by atoms with Gasteiger partial charge in [-0.1, -0.05) is 12.2 Å². The predicted octanol–water partition coefficient (Wildman–Crippen LogP) is 1.05. The SMILES string of the molecule is CC(C)(C=CC(C)(C)OS(C)(=O)=O)OS(C)(=O)=O. The van der Waals surface area contributed by atoms with Crippen LogP contribution < -0.4 is 0 Å². The van der Waals surface area contributed by atoms with Crippen molar-refractivity contribution < 1.29 is 25.2 Å². The third-order valence-corrected chi connectivity index (χ3v) is 3.08. The van der Waals surface area contributed by atoms with Crippen molar-refractivity contribution in [3.8, 4) is 0 Å². The molecule has 8 heteroatoms. The Hall–Kier alpha value is -0.440. The number of hydrogen-bond donors (Lipinski definition) is 0. The van der Waals surface area contributed by atoms with E-state index in [2.05, 4.69) is 0 Å². The summed E-state index contributed by atoms with van der Waals surface area (Å²) in [7, 11) is -7.19. The Morgan fingerprint density at radius 3 is 1.11 bits per heavy atom. The standard InChI is InChI=1S/C10H20O6S2/c1-9(2,15-17(5,11)12)7-8-10(3,4)16-18(6,13)14/h7-8H,1-6H3. The van der Waals surface area contributed by atoms with Crippen LogP contribution in [0.15, 0.2) is 12.2 Å². The fourth-order valence-corrected chi connectivity index (χ4v) is 2.91. The summed E-state index contributed by atoms with van der Waals surface area (Å²) >= 11 is 0. The number of hydrogen-bond acceptors (Lipinski definition) is 6. The molecule has 0 unspecified atom stereocenters. The van der Waals surface area contributed by atoms with Gasteiger partial charge in [-0.15, -0.1) is 0 Å². The third-order valence-electron chi connectivity index (χ3n) is 1.62. The Labute approximate surface area is 109 Å². The fraction of sp³-hybridized carbons (Fsp3) is 0.800. The monoisotopic (exact) mass is 300 g/mol.